The molecular weight excluding hydrogens is 540 g/mol. The van der Waals surface area contributed by atoms with Crippen molar-refractivity contribution >= 4 is 69.5 Å². The molecule has 2 amide bonds. The van der Waals surface area contributed by atoms with Gasteiger partial charge in [0.1, 0.15) is 22.8 Å². The fraction of sp³-hybridized carbons (Fsp3) is 0.312. The van der Waals surface area contributed by atoms with Crippen molar-refractivity contribution in [2.75, 3.05) is 29.7 Å². The minimum absolute atomic E-state index is 0.0213. The first-order valence-electron chi connectivity index (χ1n) is 9.67. The zero-order valence-electron chi connectivity index (χ0n) is 17.8. The van der Waals surface area contributed by atoms with E-state index in [1.165, 1.54) is 17.1 Å². The highest BCUT2D eigenvalue weighted by atomic mass is 32.2. The van der Waals surface area contributed by atoms with Crippen molar-refractivity contribution in [1.29, 1.82) is 0 Å². The Kier molecular flexibility index (Phi) is 7.26. The summed E-state index contributed by atoms with van der Waals surface area (Å²) < 4.78 is 0. The zero-order chi connectivity index (χ0) is 26.0. The molecule has 2 aromatic rings. The largest absolute Gasteiger partial charge is 0.479 e. The third-order valence-electron chi connectivity index (χ3n) is 4.70. The second kappa shape index (κ2) is 10.4. The summed E-state index contributed by atoms with van der Waals surface area (Å²) in [6.07, 6.45) is 0. The normalized spacial score (nSPS) is 19.5. The number of fused-ring (bicyclic) bond motifs is 1. The van der Waals surface area contributed by atoms with Crippen LogP contribution < -0.4 is 16.9 Å². The van der Waals surface area contributed by atoms with Crippen LogP contribution in [0.5, 0.6) is 0 Å². The Balaban J connectivity index is 1.49. The van der Waals surface area contributed by atoms with Crippen LogP contribution in [0.2, 0.25) is 0 Å². The number of thiazole rings is 1. The third-order valence-corrected chi connectivity index (χ3v) is 7.73. The number of nitrogen functional groups attached to an aromatic ring is 2. The number of hydrogen-bond acceptors (Lipinski definition) is 15. The van der Waals surface area contributed by atoms with Gasteiger partial charge in [-0.15, -0.1) is 27.9 Å². The molecule has 2 aromatic heterocycles. The van der Waals surface area contributed by atoms with Crippen LogP contribution in [0.1, 0.15) is 5.69 Å². The van der Waals surface area contributed by atoms with E-state index in [2.05, 4.69) is 35.8 Å². The van der Waals surface area contributed by atoms with Crippen molar-refractivity contribution < 1.29 is 34.2 Å². The second-order valence-corrected chi connectivity index (χ2v) is 9.93. The summed E-state index contributed by atoms with van der Waals surface area (Å²) in [7, 11) is 0. The van der Waals surface area contributed by atoms with Gasteiger partial charge in [-0.25, -0.2) is 14.6 Å². The van der Waals surface area contributed by atoms with Crippen LogP contribution >= 0.6 is 34.9 Å². The lowest BCUT2D eigenvalue weighted by Crippen LogP contribution is -2.71. The molecule has 7 N–H and O–H groups in total. The summed E-state index contributed by atoms with van der Waals surface area (Å²) in [4.78, 5) is 59.2. The molecule has 0 spiro atoms. The first kappa shape index (κ1) is 25.2. The van der Waals surface area contributed by atoms with Crippen molar-refractivity contribution in [3.63, 3.8) is 0 Å². The molecule has 0 radical (unpaired) electrons. The van der Waals surface area contributed by atoms with E-state index in [0.29, 0.717) is 5.57 Å². The van der Waals surface area contributed by atoms with E-state index in [4.69, 9.17) is 16.7 Å². The number of thioether (sulfide) groups is 2. The maximum atomic E-state index is 12.9. The molecule has 2 aliphatic rings. The molecule has 0 bridgehead atoms. The van der Waals surface area contributed by atoms with Crippen LogP contribution in [0.15, 0.2) is 27.0 Å². The van der Waals surface area contributed by atoms with Gasteiger partial charge in [0.2, 0.25) is 11.8 Å². The van der Waals surface area contributed by atoms with E-state index in [1.54, 1.807) is 0 Å². The first-order valence-corrected chi connectivity index (χ1v) is 12.6. The van der Waals surface area contributed by atoms with Gasteiger partial charge in [0.05, 0.1) is 0 Å². The first-order chi connectivity index (χ1) is 17.2. The van der Waals surface area contributed by atoms with E-state index in [0.717, 1.165) is 32.8 Å². The van der Waals surface area contributed by atoms with Crippen LogP contribution in [0.4, 0.5) is 5.13 Å². The van der Waals surface area contributed by atoms with Gasteiger partial charge in [-0.05, 0) is 16.0 Å². The average Bonchev–Trinajstić information content (AvgIpc) is 3.45. The minimum Gasteiger partial charge on any atom is -0.479 e. The van der Waals surface area contributed by atoms with Crippen molar-refractivity contribution in [1.82, 2.24) is 35.5 Å². The maximum absolute atomic E-state index is 12.9. The summed E-state index contributed by atoms with van der Waals surface area (Å²) in [5.41, 5.74) is 5.50. The van der Waals surface area contributed by atoms with Gasteiger partial charge in [-0.2, -0.15) is 0 Å². The fourth-order valence-corrected chi connectivity index (χ4v) is 6.02. The maximum Gasteiger partial charge on any atom is 0.352 e. The molecule has 4 rings (SSSR count). The monoisotopic (exact) mass is 556 g/mol. The standard InChI is InChI=1S/C16H16N10O7S3/c17-15-19-6(4-35-15)8(22-33-1-7(27)28)11(29)20-9-12(30)25-10(14(31)32)5(2-34-13(9)25)3-36-16-21-23-24-26(16)18/h4,9,13H,1-3,18H2,(H2,17,19)(H,20,29)(H,27,28)(H,31,32)/b22-8-/t9-,13-/m1/s1. The number of rotatable bonds is 10. The number of tetrazole rings is 1. The molecule has 0 aromatic carbocycles. The molecule has 0 aliphatic carbocycles. The summed E-state index contributed by atoms with van der Waals surface area (Å²) in [5, 5.41) is 36.3. The lowest BCUT2D eigenvalue weighted by molar-refractivity contribution is -0.150. The molecule has 36 heavy (non-hydrogen) atoms. The molecule has 2 aliphatic heterocycles. The molecule has 1 fully saturated rings. The molecule has 17 nitrogen and oxygen atoms in total. The molecule has 2 atom stereocenters. The van der Waals surface area contributed by atoms with Gasteiger partial charge in [0.25, 0.3) is 11.8 Å². The Bertz CT molecular complexity index is 1290. The fourth-order valence-electron chi connectivity index (χ4n) is 3.19. The summed E-state index contributed by atoms with van der Waals surface area (Å²) in [6, 6.07) is -1.07. The Morgan fingerprint density at radius 2 is 2.14 bits per heavy atom. The minimum atomic E-state index is -1.32. The number of oxime groups is 1. The Labute approximate surface area is 212 Å². The van der Waals surface area contributed by atoms with E-state index >= 15 is 0 Å². The number of carbonyl (C=O) groups is 4. The molecule has 190 valence electrons. The highest BCUT2D eigenvalue weighted by Crippen LogP contribution is 2.41. The third kappa shape index (κ3) is 5.04. The average molecular weight is 557 g/mol. The van der Waals surface area contributed by atoms with E-state index in [-0.39, 0.29) is 38.9 Å². The SMILES string of the molecule is Nc1nc(/C(=N/OCC(=O)O)C(=O)N[C@@H]2C(=O)N3C(C(=O)O)=C(CSc4nnnn4N)CS[C@H]23)cs1. The van der Waals surface area contributed by atoms with Crippen LogP contribution in [0.3, 0.4) is 0 Å². The van der Waals surface area contributed by atoms with E-state index in [9.17, 15) is 24.3 Å². The molecule has 20 heteroatoms. The van der Waals surface area contributed by atoms with Crippen molar-refractivity contribution in [2.45, 2.75) is 16.6 Å². The van der Waals surface area contributed by atoms with Gasteiger partial charge >= 0.3 is 11.9 Å². The highest BCUT2D eigenvalue weighted by molar-refractivity contribution is 8.01. The molecule has 4 heterocycles. The van der Waals surface area contributed by atoms with Crippen LogP contribution in [-0.4, -0.2) is 99.4 Å². The number of nitrogens with two attached hydrogens (primary N) is 2. The number of carbonyl (C=O) groups excluding carboxylic acids is 2. The van der Waals surface area contributed by atoms with Crippen LogP contribution in [0.25, 0.3) is 0 Å². The number of amides is 2. The van der Waals surface area contributed by atoms with Crippen LogP contribution in [0, 0.1) is 0 Å². The number of carboxylic acid groups (broad SMARTS) is 2. The van der Waals surface area contributed by atoms with Gasteiger partial charge in [0.15, 0.2) is 10.8 Å². The molecular formula is C16H16N10O7S3. The van der Waals surface area contributed by atoms with E-state index < -0.39 is 41.8 Å². The van der Waals surface area contributed by atoms with Crippen molar-refractivity contribution in [3.8, 4) is 0 Å². The van der Waals surface area contributed by atoms with Gasteiger partial charge in [-0.1, -0.05) is 22.0 Å². The van der Waals surface area contributed by atoms with Gasteiger partial charge in [0, 0.05) is 16.9 Å². The second-order valence-electron chi connectivity index (χ2n) is 6.99. The number of aromatic nitrogens is 5. The topological polar surface area (TPSA) is 254 Å². The number of hydrogen-bond donors (Lipinski definition) is 5. The summed E-state index contributed by atoms with van der Waals surface area (Å²) in [5.74, 6) is 1.86. The van der Waals surface area contributed by atoms with Crippen molar-refractivity contribution in [3.05, 3.63) is 22.3 Å². The number of carboxylic acids is 2. The molecule has 0 unspecified atom stereocenters. The molecule has 0 saturated carbocycles. The quantitative estimate of drug-likeness (QED) is 0.0681. The lowest BCUT2D eigenvalue weighted by atomic mass is 10.0. The van der Waals surface area contributed by atoms with Crippen LogP contribution in [-0.2, 0) is 24.0 Å². The van der Waals surface area contributed by atoms with E-state index in [1.807, 2.05) is 0 Å². The predicted molar refractivity (Wildman–Crippen MR) is 125 cm³/mol. The lowest BCUT2D eigenvalue weighted by Gasteiger charge is -2.49. The zero-order valence-corrected chi connectivity index (χ0v) is 20.2. The smallest absolute Gasteiger partial charge is 0.352 e. The number of nitrogens with one attached hydrogen (secondary N) is 1. The molecule has 1 saturated heterocycles. The van der Waals surface area contributed by atoms with Gasteiger partial charge < -0.3 is 31.9 Å². The number of aliphatic carboxylic acids is 2. The predicted octanol–water partition coefficient (Wildman–Crippen LogP) is -2.24. The van der Waals surface area contributed by atoms with Crippen molar-refractivity contribution in [2.24, 2.45) is 5.16 Å². The highest BCUT2D eigenvalue weighted by Gasteiger charge is 2.54. The number of β-lactam (4-membered cyclic amide) rings is 1. The van der Waals surface area contributed by atoms with Gasteiger partial charge in [-0.3, -0.25) is 14.5 Å². The Morgan fingerprint density at radius 1 is 1.36 bits per heavy atom. The summed E-state index contributed by atoms with van der Waals surface area (Å²) in [6.45, 7) is -0.810. The Hall–Kier alpha value is -3.91. The summed E-state index contributed by atoms with van der Waals surface area (Å²) >= 11 is 3.38. The number of anilines is 1. The number of nitrogens with zero attached hydrogens (tertiary/aromatic N) is 7. The Morgan fingerprint density at radius 3 is 2.75 bits per heavy atom.